The summed E-state index contributed by atoms with van der Waals surface area (Å²) in [6, 6.07) is 6.90. The number of anilines is 1. The van der Waals surface area contributed by atoms with Crippen molar-refractivity contribution in [3.05, 3.63) is 39.7 Å². The lowest BCUT2D eigenvalue weighted by Gasteiger charge is -2.24. The van der Waals surface area contributed by atoms with Gasteiger partial charge in [0, 0.05) is 13.1 Å². The molecular formula is C19H22BrCl2N3O3S. The number of thiazole rings is 1. The van der Waals surface area contributed by atoms with Crippen LogP contribution in [0, 0.1) is 0 Å². The number of rotatable bonds is 8. The molecule has 0 radical (unpaired) electrons. The van der Waals surface area contributed by atoms with E-state index in [-0.39, 0.29) is 24.1 Å². The summed E-state index contributed by atoms with van der Waals surface area (Å²) in [7, 11) is 1.59. The molecule has 0 spiro atoms. The van der Waals surface area contributed by atoms with Gasteiger partial charge in [-0.15, -0.1) is 12.4 Å². The molecule has 0 N–H and O–H groups in total. The zero-order chi connectivity index (χ0) is 20.3. The molecular weight excluding hydrogens is 501 g/mol. The SMILES string of the molecule is CCN(CC)CCN(C(=O)c1ccc(Br)o1)c1nc2c(OC)ccc(Cl)c2s1.Cl. The summed E-state index contributed by atoms with van der Waals surface area (Å²) in [5.41, 5.74) is 0.649. The van der Waals surface area contributed by atoms with Gasteiger partial charge in [-0.1, -0.05) is 36.8 Å². The Kier molecular flexibility index (Phi) is 8.78. The normalized spacial score (nSPS) is 11.0. The predicted octanol–water partition coefficient (Wildman–Crippen LogP) is 5.72. The molecule has 1 aromatic carbocycles. The van der Waals surface area contributed by atoms with Crippen LogP contribution in [0.2, 0.25) is 5.02 Å². The van der Waals surface area contributed by atoms with E-state index in [1.807, 2.05) is 0 Å². The van der Waals surface area contributed by atoms with Crippen molar-refractivity contribution >= 4 is 72.5 Å². The number of hydrogen-bond donors (Lipinski definition) is 0. The maximum absolute atomic E-state index is 13.2. The molecule has 6 nitrogen and oxygen atoms in total. The highest BCUT2D eigenvalue weighted by Gasteiger charge is 2.25. The van der Waals surface area contributed by atoms with Crippen LogP contribution in [0.25, 0.3) is 10.2 Å². The van der Waals surface area contributed by atoms with Crippen LogP contribution in [0.15, 0.2) is 33.4 Å². The van der Waals surface area contributed by atoms with E-state index >= 15 is 0 Å². The Labute approximate surface area is 193 Å². The first-order valence-electron chi connectivity index (χ1n) is 8.91. The van der Waals surface area contributed by atoms with E-state index in [0.29, 0.717) is 32.6 Å². The minimum atomic E-state index is -0.244. The quantitative estimate of drug-likeness (QED) is 0.378. The second-order valence-corrected chi connectivity index (χ2v) is 8.18. The van der Waals surface area contributed by atoms with Crippen LogP contribution in [0.5, 0.6) is 5.75 Å². The van der Waals surface area contributed by atoms with Crippen molar-refractivity contribution in [3.8, 4) is 5.75 Å². The highest BCUT2D eigenvalue weighted by Crippen LogP contribution is 2.39. The van der Waals surface area contributed by atoms with Crippen LogP contribution in [-0.4, -0.2) is 49.1 Å². The Morgan fingerprint density at radius 1 is 1.24 bits per heavy atom. The van der Waals surface area contributed by atoms with Crippen molar-refractivity contribution in [2.75, 3.05) is 38.2 Å². The number of carbonyl (C=O) groups excluding carboxylic acids is 1. The molecule has 0 saturated heterocycles. The van der Waals surface area contributed by atoms with Gasteiger partial charge in [0.2, 0.25) is 0 Å². The Bertz CT molecular complexity index is 975. The first-order chi connectivity index (χ1) is 13.5. The third-order valence-electron chi connectivity index (χ3n) is 4.46. The summed E-state index contributed by atoms with van der Waals surface area (Å²) < 4.78 is 12.2. The number of aromatic nitrogens is 1. The first-order valence-corrected chi connectivity index (χ1v) is 10.9. The zero-order valence-corrected chi connectivity index (χ0v) is 20.3. The van der Waals surface area contributed by atoms with Crippen molar-refractivity contribution in [1.29, 1.82) is 0 Å². The van der Waals surface area contributed by atoms with Gasteiger partial charge >= 0.3 is 0 Å². The van der Waals surface area contributed by atoms with E-state index in [1.54, 1.807) is 36.3 Å². The molecule has 1 amide bonds. The molecule has 0 aliphatic carbocycles. The Morgan fingerprint density at radius 2 is 1.97 bits per heavy atom. The van der Waals surface area contributed by atoms with Crippen molar-refractivity contribution in [1.82, 2.24) is 9.88 Å². The van der Waals surface area contributed by atoms with Gasteiger partial charge in [0.05, 0.1) is 16.8 Å². The standard InChI is InChI=1S/C19H21BrClN3O3S.ClH/c1-4-23(5-2)10-11-24(18(25)14-8-9-15(20)27-14)19-22-16-13(26-3)7-6-12(21)17(16)28-19;/h6-9H,4-5,10-11H2,1-3H3;1H. The first kappa shape index (κ1) is 24.0. The van der Waals surface area contributed by atoms with Crippen LogP contribution in [0.1, 0.15) is 24.4 Å². The second-order valence-electron chi connectivity index (χ2n) is 6.01. The molecule has 29 heavy (non-hydrogen) atoms. The average Bonchev–Trinajstić information content (AvgIpc) is 3.32. The molecule has 158 valence electrons. The number of amides is 1. The lowest BCUT2D eigenvalue weighted by atomic mass is 10.3. The van der Waals surface area contributed by atoms with Crippen LogP contribution >= 0.6 is 51.3 Å². The molecule has 3 rings (SSSR count). The third kappa shape index (κ3) is 5.24. The second kappa shape index (κ2) is 10.6. The number of methoxy groups -OCH3 is 1. The molecule has 3 aromatic rings. The third-order valence-corrected chi connectivity index (χ3v) is 6.43. The Balaban J connectivity index is 0.00000300. The number of hydrogen-bond acceptors (Lipinski definition) is 6. The van der Waals surface area contributed by atoms with E-state index in [4.69, 9.17) is 20.8 Å². The number of ether oxygens (including phenoxy) is 1. The number of nitrogens with zero attached hydrogens (tertiary/aromatic N) is 3. The predicted molar refractivity (Wildman–Crippen MR) is 124 cm³/mol. The molecule has 0 bridgehead atoms. The van der Waals surface area contributed by atoms with Gasteiger partial charge in [0.1, 0.15) is 11.3 Å². The van der Waals surface area contributed by atoms with E-state index in [2.05, 4.69) is 39.7 Å². The van der Waals surface area contributed by atoms with E-state index < -0.39 is 0 Å². The molecule has 2 heterocycles. The minimum absolute atomic E-state index is 0. The molecule has 0 atom stereocenters. The maximum atomic E-state index is 13.2. The van der Waals surface area contributed by atoms with Gasteiger partial charge in [-0.2, -0.15) is 0 Å². The monoisotopic (exact) mass is 521 g/mol. The Hall–Kier alpha value is -1.32. The lowest BCUT2D eigenvalue weighted by molar-refractivity contribution is 0.0956. The average molecular weight is 523 g/mol. The smallest absolute Gasteiger partial charge is 0.295 e. The van der Waals surface area contributed by atoms with Gasteiger partial charge in [-0.3, -0.25) is 9.69 Å². The zero-order valence-electron chi connectivity index (χ0n) is 16.3. The van der Waals surface area contributed by atoms with Crippen LogP contribution in [-0.2, 0) is 0 Å². The minimum Gasteiger partial charge on any atom is -0.494 e. The van der Waals surface area contributed by atoms with Gasteiger partial charge in [-0.05, 0) is 53.3 Å². The van der Waals surface area contributed by atoms with Gasteiger partial charge in [0.15, 0.2) is 15.6 Å². The van der Waals surface area contributed by atoms with Crippen molar-refractivity contribution in [2.24, 2.45) is 0 Å². The van der Waals surface area contributed by atoms with Crippen LogP contribution < -0.4 is 9.64 Å². The number of halogens is 3. The fourth-order valence-electron chi connectivity index (χ4n) is 2.85. The van der Waals surface area contributed by atoms with E-state index in [1.165, 1.54) is 11.3 Å². The highest BCUT2D eigenvalue weighted by molar-refractivity contribution is 9.10. The van der Waals surface area contributed by atoms with Crippen LogP contribution in [0.4, 0.5) is 5.13 Å². The van der Waals surface area contributed by atoms with E-state index in [9.17, 15) is 4.79 Å². The fraction of sp³-hybridized carbons (Fsp3) is 0.368. The summed E-state index contributed by atoms with van der Waals surface area (Å²) in [6.45, 7) is 7.22. The summed E-state index contributed by atoms with van der Waals surface area (Å²) in [6.07, 6.45) is 0. The Morgan fingerprint density at radius 3 is 2.55 bits per heavy atom. The summed E-state index contributed by atoms with van der Waals surface area (Å²) in [5.74, 6) is 0.634. The topological polar surface area (TPSA) is 58.8 Å². The molecule has 2 aromatic heterocycles. The molecule has 0 unspecified atom stereocenters. The molecule has 0 saturated carbocycles. The largest absolute Gasteiger partial charge is 0.494 e. The molecule has 0 aliphatic heterocycles. The van der Waals surface area contributed by atoms with Gasteiger partial charge < -0.3 is 14.1 Å². The maximum Gasteiger partial charge on any atom is 0.295 e. The molecule has 10 heteroatoms. The van der Waals surface area contributed by atoms with Gasteiger partial charge in [-0.25, -0.2) is 4.98 Å². The van der Waals surface area contributed by atoms with Gasteiger partial charge in [0.25, 0.3) is 5.91 Å². The number of benzene rings is 1. The van der Waals surface area contributed by atoms with Crippen molar-refractivity contribution in [2.45, 2.75) is 13.8 Å². The summed E-state index contributed by atoms with van der Waals surface area (Å²) in [4.78, 5) is 21.7. The number of likely N-dealkylation sites (N-methyl/N-ethyl adjacent to an activating group) is 1. The lowest BCUT2D eigenvalue weighted by Crippen LogP contribution is -2.38. The highest BCUT2D eigenvalue weighted by atomic mass is 79.9. The molecule has 0 aliphatic rings. The van der Waals surface area contributed by atoms with Crippen LogP contribution in [0.3, 0.4) is 0 Å². The molecule has 0 fully saturated rings. The van der Waals surface area contributed by atoms with Crippen molar-refractivity contribution in [3.63, 3.8) is 0 Å². The number of carbonyl (C=O) groups is 1. The van der Waals surface area contributed by atoms with E-state index in [0.717, 1.165) is 24.3 Å². The number of fused-ring (bicyclic) bond motifs is 1. The summed E-state index contributed by atoms with van der Waals surface area (Å²) >= 11 is 11.0. The summed E-state index contributed by atoms with van der Waals surface area (Å²) in [5, 5.41) is 1.14. The van der Waals surface area contributed by atoms with Crippen molar-refractivity contribution < 1.29 is 13.9 Å². The fourth-order valence-corrected chi connectivity index (χ4v) is 4.44. The number of furan rings is 1.